The lowest BCUT2D eigenvalue weighted by atomic mass is 9.98. The van der Waals surface area contributed by atoms with Crippen LogP contribution in [-0.2, 0) is 19.4 Å². The average molecular weight is 391 g/mol. The number of rotatable bonds is 4. The molecule has 1 fully saturated rings. The Bertz CT molecular complexity index is 1150. The van der Waals surface area contributed by atoms with E-state index in [1.807, 2.05) is 30.3 Å². The van der Waals surface area contributed by atoms with Crippen molar-refractivity contribution in [2.75, 3.05) is 0 Å². The van der Waals surface area contributed by atoms with Crippen LogP contribution in [0, 0.1) is 0 Å². The Labute approximate surface area is 162 Å². The molecule has 1 aliphatic heterocycles. The molecule has 2 amide bonds. The van der Waals surface area contributed by atoms with E-state index in [0.29, 0.717) is 5.56 Å². The number of hydrogen-bond acceptors (Lipinski definition) is 4. The van der Waals surface area contributed by atoms with Gasteiger partial charge in [-0.25, -0.2) is 8.42 Å². The Kier molecular flexibility index (Phi) is 4.57. The number of amides is 2. The first-order valence-corrected chi connectivity index (χ1v) is 10.3. The summed E-state index contributed by atoms with van der Waals surface area (Å²) in [5, 5.41) is 2.24. The van der Waals surface area contributed by atoms with Gasteiger partial charge in [-0.15, -0.1) is 0 Å². The first-order valence-electron chi connectivity index (χ1n) is 8.80. The maximum Gasteiger partial charge on any atom is 0.234 e. The molecule has 28 heavy (non-hydrogen) atoms. The summed E-state index contributed by atoms with van der Waals surface area (Å²) < 4.78 is 26.5. The summed E-state index contributed by atoms with van der Waals surface area (Å²) in [4.78, 5) is 23.8. The highest BCUT2D eigenvalue weighted by atomic mass is 32.2. The molecule has 1 aliphatic rings. The summed E-state index contributed by atoms with van der Waals surface area (Å²) in [5.41, 5.74) is 2.25. The number of imide groups is 1. The molecule has 0 aromatic heterocycles. The van der Waals surface area contributed by atoms with Crippen molar-refractivity contribution in [1.82, 2.24) is 5.32 Å². The summed E-state index contributed by atoms with van der Waals surface area (Å²) in [7, 11) is -3.84. The van der Waals surface area contributed by atoms with E-state index in [4.69, 9.17) is 0 Å². The molecule has 1 N–H and O–H groups in total. The minimum atomic E-state index is -3.84. The third-order valence-corrected chi connectivity index (χ3v) is 6.67. The summed E-state index contributed by atoms with van der Waals surface area (Å²) in [6.45, 7) is 0. The Hall–Kier alpha value is -3.25. The van der Waals surface area contributed by atoms with Gasteiger partial charge in [0, 0.05) is 6.42 Å². The number of benzene rings is 3. The number of sulfone groups is 1. The fraction of sp³-hybridized carbons (Fsp3) is 0.0909. The normalized spacial score (nSPS) is 16.8. The molecule has 3 aromatic rings. The van der Waals surface area contributed by atoms with Crippen molar-refractivity contribution in [3.8, 4) is 11.1 Å². The molecule has 6 heteroatoms. The van der Waals surface area contributed by atoms with Crippen molar-refractivity contribution >= 4 is 21.7 Å². The van der Waals surface area contributed by atoms with Crippen LogP contribution in [0.5, 0.6) is 0 Å². The fourth-order valence-electron chi connectivity index (χ4n) is 3.40. The van der Waals surface area contributed by atoms with Crippen LogP contribution < -0.4 is 5.32 Å². The number of carbonyl (C=O) groups is 2. The van der Waals surface area contributed by atoms with Gasteiger partial charge < -0.3 is 0 Å². The van der Waals surface area contributed by atoms with Gasteiger partial charge in [-0.3, -0.25) is 14.9 Å². The lowest BCUT2D eigenvalue weighted by molar-refractivity contribution is -0.125. The minimum absolute atomic E-state index is 0.0433. The second-order valence-electron chi connectivity index (χ2n) is 6.60. The Balaban J connectivity index is 1.74. The van der Waals surface area contributed by atoms with E-state index < -0.39 is 27.6 Å². The smallest absolute Gasteiger partial charge is 0.234 e. The number of hydrogen-bond donors (Lipinski definition) is 1. The average Bonchev–Trinajstić information content (AvgIpc) is 3.06. The van der Waals surface area contributed by atoms with Gasteiger partial charge in [-0.2, -0.15) is 0 Å². The van der Waals surface area contributed by atoms with Crippen molar-refractivity contribution in [3.63, 3.8) is 0 Å². The van der Waals surface area contributed by atoms with Crippen LogP contribution >= 0.6 is 0 Å². The minimum Gasteiger partial charge on any atom is -0.296 e. The first kappa shape index (κ1) is 18.1. The number of carbonyl (C=O) groups excluding carboxylic acids is 2. The predicted octanol–water partition coefficient (Wildman–Crippen LogP) is 3.32. The van der Waals surface area contributed by atoms with Gasteiger partial charge in [0.1, 0.15) is 0 Å². The van der Waals surface area contributed by atoms with E-state index >= 15 is 0 Å². The molecular weight excluding hydrogens is 374 g/mol. The zero-order valence-electron chi connectivity index (χ0n) is 14.8. The molecule has 5 nitrogen and oxygen atoms in total. The second-order valence-corrected chi connectivity index (χ2v) is 8.52. The summed E-state index contributed by atoms with van der Waals surface area (Å²) in [6, 6.07) is 22.7. The van der Waals surface area contributed by atoms with Crippen LogP contribution in [0.4, 0.5) is 0 Å². The molecule has 140 valence electrons. The van der Waals surface area contributed by atoms with Gasteiger partial charge in [0.05, 0.1) is 15.7 Å². The Morgan fingerprint density at radius 2 is 1.36 bits per heavy atom. The molecule has 1 heterocycles. The topological polar surface area (TPSA) is 80.3 Å². The highest BCUT2D eigenvalue weighted by Crippen LogP contribution is 2.33. The van der Waals surface area contributed by atoms with Gasteiger partial charge in [-0.1, -0.05) is 60.7 Å². The van der Waals surface area contributed by atoms with Crippen LogP contribution in [-0.4, -0.2) is 20.2 Å². The SMILES string of the molecule is O=C1CC(c2ccccc2S(=O)(=O)c2ccc(-c3ccccc3)cc2)C(=O)N1. The van der Waals surface area contributed by atoms with Gasteiger partial charge in [0.25, 0.3) is 0 Å². The molecule has 1 unspecified atom stereocenters. The fourth-order valence-corrected chi connectivity index (χ4v) is 4.93. The van der Waals surface area contributed by atoms with E-state index in [1.165, 1.54) is 6.07 Å². The standard InChI is InChI=1S/C22H17NO4S/c24-21-14-19(22(25)23-21)18-8-4-5-9-20(18)28(26,27)17-12-10-16(11-13-17)15-6-2-1-3-7-15/h1-13,19H,14H2,(H,23,24,25). The predicted molar refractivity (Wildman–Crippen MR) is 104 cm³/mol. The largest absolute Gasteiger partial charge is 0.296 e. The highest BCUT2D eigenvalue weighted by molar-refractivity contribution is 7.91. The van der Waals surface area contributed by atoms with Crippen molar-refractivity contribution in [3.05, 3.63) is 84.4 Å². The molecular formula is C22H17NO4S. The van der Waals surface area contributed by atoms with Crippen molar-refractivity contribution in [2.45, 2.75) is 22.1 Å². The number of nitrogens with one attached hydrogen (secondary N) is 1. The lowest BCUT2D eigenvalue weighted by Gasteiger charge is -2.14. The molecule has 0 aliphatic carbocycles. The van der Waals surface area contributed by atoms with Gasteiger partial charge in [0.2, 0.25) is 21.7 Å². The van der Waals surface area contributed by atoms with Crippen LogP contribution in [0.1, 0.15) is 17.9 Å². The zero-order valence-corrected chi connectivity index (χ0v) is 15.6. The van der Waals surface area contributed by atoms with Crippen molar-refractivity contribution in [1.29, 1.82) is 0 Å². The molecule has 0 radical (unpaired) electrons. The summed E-state index contributed by atoms with van der Waals surface area (Å²) in [6.07, 6.45) is -0.0433. The second kappa shape index (κ2) is 7.05. The maximum absolute atomic E-state index is 13.2. The van der Waals surface area contributed by atoms with E-state index in [9.17, 15) is 18.0 Å². The zero-order chi connectivity index (χ0) is 19.7. The molecule has 0 spiro atoms. The Morgan fingerprint density at radius 3 is 2.00 bits per heavy atom. The third kappa shape index (κ3) is 3.23. The lowest BCUT2D eigenvalue weighted by Crippen LogP contribution is -2.22. The maximum atomic E-state index is 13.2. The molecule has 1 atom stereocenters. The monoisotopic (exact) mass is 391 g/mol. The molecule has 0 bridgehead atoms. The quantitative estimate of drug-likeness (QED) is 0.692. The highest BCUT2D eigenvalue weighted by Gasteiger charge is 2.35. The first-order chi connectivity index (χ1) is 13.5. The van der Waals surface area contributed by atoms with E-state index in [1.54, 1.807) is 42.5 Å². The molecule has 0 saturated carbocycles. The Morgan fingerprint density at radius 1 is 0.750 bits per heavy atom. The van der Waals surface area contributed by atoms with E-state index in [-0.39, 0.29) is 16.2 Å². The molecule has 3 aromatic carbocycles. The molecule has 4 rings (SSSR count). The van der Waals surface area contributed by atoms with E-state index in [0.717, 1.165) is 11.1 Å². The van der Waals surface area contributed by atoms with Gasteiger partial charge in [0.15, 0.2) is 0 Å². The van der Waals surface area contributed by atoms with Crippen molar-refractivity contribution in [2.24, 2.45) is 0 Å². The van der Waals surface area contributed by atoms with Gasteiger partial charge in [-0.05, 0) is 34.9 Å². The van der Waals surface area contributed by atoms with Crippen LogP contribution in [0.25, 0.3) is 11.1 Å². The van der Waals surface area contributed by atoms with Gasteiger partial charge >= 0.3 is 0 Å². The van der Waals surface area contributed by atoms with E-state index in [2.05, 4.69) is 5.32 Å². The van der Waals surface area contributed by atoms with Crippen LogP contribution in [0.3, 0.4) is 0 Å². The van der Waals surface area contributed by atoms with Crippen molar-refractivity contribution < 1.29 is 18.0 Å². The molecule has 1 saturated heterocycles. The van der Waals surface area contributed by atoms with Crippen LogP contribution in [0.2, 0.25) is 0 Å². The summed E-state index contributed by atoms with van der Waals surface area (Å²) in [5.74, 6) is -1.65. The summed E-state index contributed by atoms with van der Waals surface area (Å²) >= 11 is 0. The van der Waals surface area contributed by atoms with Crippen LogP contribution in [0.15, 0.2) is 88.7 Å². The third-order valence-electron chi connectivity index (χ3n) is 4.82.